The number of rotatable bonds is 20. The van der Waals surface area contributed by atoms with E-state index in [0.29, 0.717) is 80.9 Å². The van der Waals surface area contributed by atoms with Gasteiger partial charge in [0.15, 0.2) is 46.5 Å². The number of anilines is 5. The largest absolute Gasteiger partial charge is 0.329 e. The lowest BCUT2D eigenvalue weighted by atomic mass is 10.0. The maximum absolute atomic E-state index is 13.8. The van der Waals surface area contributed by atoms with Gasteiger partial charge in [0, 0.05) is 153 Å². The average Bonchev–Trinajstić information content (AvgIpc) is 1.64. The first-order valence-electron chi connectivity index (χ1n) is 42.1. The van der Waals surface area contributed by atoms with Gasteiger partial charge < -0.3 is 79.8 Å². The summed E-state index contributed by atoms with van der Waals surface area (Å²) in [6, 6.07) is 30.7. The van der Waals surface area contributed by atoms with E-state index in [-0.39, 0.29) is 193 Å². The Kier molecular flexibility index (Phi) is 35.4. The highest BCUT2D eigenvalue weighted by Gasteiger charge is 2.33. The van der Waals surface area contributed by atoms with Crippen molar-refractivity contribution in [1.82, 2.24) is 24.5 Å². The van der Waals surface area contributed by atoms with Gasteiger partial charge >= 0.3 is 0 Å². The van der Waals surface area contributed by atoms with Gasteiger partial charge in [-0.25, -0.2) is 70.2 Å². The van der Waals surface area contributed by atoms with Crippen LogP contribution in [0, 0.1) is 93.1 Å². The number of nitrogens with zero attached hydrogens (tertiary/aromatic N) is 5. The molecule has 0 bridgehead atoms. The number of carbonyl (C=O) groups is 10. The number of nitrogens with one attached hydrogen (secondary N) is 5. The minimum Gasteiger partial charge on any atom is -0.329 e. The predicted octanol–water partition coefficient (Wildman–Crippen LogP) is 12.5. The molecule has 42 heteroatoms. The maximum Gasteiger partial charge on any atom is 0.244 e. The number of amides is 10. The standard InChI is InChI=1S/C19H17ClF3N3O2.2C19H17F4N3O2.C19H18F3N3O2.C19H19F2N3O2/c20-12-2-1-10-8-26(9-18(27)25-17(10)5-12)19(28)6-13(24)3-11-4-15(22)16(23)7-14(11)21;20-12-1-2-17-11(3-12)8-26(9-18(27)25-17)19(28)6-13(24)4-10-5-15(22)16(23)7-14(10)21;20-12-2-1-10-8-26(9-18(27)25-17(10)5-12)19(28)6-13(24)3-11-4-15(22)16(23)7-14(11)21;20-14-8-16(22)15(21)6-12(14)5-13(23)7-19(27)25-9-11-3-1-2-4-17(11)24-18(26)10-25;20-14-5-6-16(21)13(7-14)8-15(22)9-19(26)24-10-12-3-1-2-4-17(12)23-18(25)11-24/h1-2,4-5,7,13H,3,6,8-9,24H2,(H,25,27);1-3,5,7,13H,4,6,8-9,24H2,(H,25,27);1-2,4-5,7,13H,3,6,8-9,24H2,(H,25,27);1-4,6,8,13H,5,7,9-10,23H2,(H,24,26);1-7,15H,8-11,22H2,(H,23,25)/t4*13-;15-/m11111/s1. The summed E-state index contributed by atoms with van der Waals surface area (Å²) in [5.41, 5.74) is 35.0. The number of hydrogen-bond donors (Lipinski definition) is 10. The maximum atomic E-state index is 13.8. The Morgan fingerprint density at radius 1 is 0.248 bits per heavy atom. The summed E-state index contributed by atoms with van der Waals surface area (Å²) < 4.78 is 214. The molecule has 15 N–H and O–H groups in total. The quantitative estimate of drug-likeness (QED) is 0.0250. The summed E-state index contributed by atoms with van der Waals surface area (Å²) in [7, 11) is 0. The molecule has 0 aliphatic carbocycles. The molecule has 10 amide bonds. The van der Waals surface area contributed by atoms with Crippen molar-refractivity contribution in [1.29, 1.82) is 0 Å². The van der Waals surface area contributed by atoms with Crippen molar-refractivity contribution in [3.05, 3.63) is 324 Å². The van der Waals surface area contributed by atoms with Crippen LogP contribution in [-0.2, 0) is 113 Å². The molecule has 722 valence electrons. The Hall–Kier alpha value is -14.1. The highest BCUT2D eigenvalue weighted by molar-refractivity contribution is 6.31. The summed E-state index contributed by atoms with van der Waals surface area (Å²) >= 11 is 5.93. The molecule has 0 aromatic heterocycles. The Morgan fingerprint density at radius 2 is 0.489 bits per heavy atom. The van der Waals surface area contributed by atoms with E-state index in [1.807, 2.05) is 12.1 Å². The number of para-hydroxylation sites is 2. The van der Waals surface area contributed by atoms with Crippen LogP contribution in [0.25, 0.3) is 0 Å². The number of hydrogen-bond acceptors (Lipinski definition) is 15. The summed E-state index contributed by atoms with van der Waals surface area (Å²) in [6.07, 6.45) is -1.53. The molecule has 5 heterocycles. The summed E-state index contributed by atoms with van der Waals surface area (Å²) in [5.74, 6) is -19.8. The molecule has 0 saturated carbocycles. The number of benzene rings is 10. The predicted molar refractivity (Wildman–Crippen MR) is 470 cm³/mol. The van der Waals surface area contributed by atoms with Crippen LogP contribution in [0.2, 0.25) is 5.02 Å². The second-order valence-corrected chi connectivity index (χ2v) is 33.2. The Balaban J connectivity index is 0.000000164. The average molecular weight is 1940 g/mol. The minimum absolute atomic E-state index is 0.00305. The highest BCUT2D eigenvalue weighted by Crippen LogP contribution is 2.31. The molecule has 0 unspecified atom stereocenters. The van der Waals surface area contributed by atoms with Crippen LogP contribution in [-0.4, -0.2) is 147 Å². The van der Waals surface area contributed by atoms with E-state index in [1.54, 1.807) is 54.6 Å². The lowest BCUT2D eigenvalue weighted by molar-refractivity contribution is -0.135. The molecule has 25 nitrogen and oxygen atoms in total. The molecule has 5 aliphatic heterocycles. The van der Waals surface area contributed by atoms with Gasteiger partial charge in [-0.15, -0.1) is 0 Å². The van der Waals surface area contributed by atoms with Crippen LogP contribution < -0.4 is 55.3 Å². The van der Waals surface area contributed by atoms with E-state index in [0.717, 1.165) is 41.5 Å². The zero-order valence-corrected chi connectivity index (χ0v) is 73.1. The molecule has 5 atom stereocenters. The highest BCUT2D eigenvalue weighted by atomic mass is 35.5. The second-order valence-electron chi connectivity index (χ2n) is 32.7. The normalized spacial score (nSPS) is 14.9. The molecule has 0 fully saturated rings. The van der Waals surface area contributed by atoms with Crippen LogP contribution in [0.3, 0.4) is 0 Å². The van der Waals surface area contributed by atoms with Gasteiger partial charge in [0.1, 0.15) is 79.3 Å². The Bertz CT molecular complexity index is 6100. The number of carbonyl (C=O) groups excluding carboxylic acids is 10. The van der Waals surface area contributed by atoms with Crippen molar-refractivity contribution < 1.29 is 118 Å². The van der Waals surface area contributed by atoms with Gasteiger partial charge in [-0.1, -0.05) is 60.1 Å². The number of fused-ring (bicyclic) bond motifs is 5. The van der Waals surface area contributed by atoms with E-state index in [1.165, 1.54) is 60.9 Å². The second kappa shape index (κ2) is 46.9. The topological polar surface area (TPSA) is 377 Å². The first-order chi connectivity index (χ1) is 64.9. The Morgan fingerprint density at radius 3 is 0.825 bits per heavy atom. The minimum atomic E-state index is -1.31. The molecule has 137 heavy (non-hydrogen) atoms. The van der Waals surface area contributed by atoms with Crippen molar-refractivity contribution in [3.8, 4) is 0 Å². The first kappa shape index (κ1) is 103. The lowest BCUT2D eigenvalue weighted by Gasteiger charge is -2.22. The summed E-state index contributed by atoms with van der Waals surface area (Å²) in [6.45, 7) is -0.101. The van der Waals surface area contributed by atoms with Crippen LogP contribution in [0.15, 0.2) is 170 Å². The lowest BCUT2D eigenvalue weighted by Crippen LogP contribution is -2.39. The molecule has 15 rings (SSSR count). The number of halogens is 17. The molecule has 5 aliphatic rings. The molecule has 0 saturated heterocycles. The first-order valence-corrected chi connectivity index (χ1v) is 42.5. The van der Waals surface area contributed by atoms with Gasteiger partial charge in [0.05, 0.1) is 0 Å². The molecule has 0 radical (unpaired) electrons. The Labute approximate surface area is 777 Å². The molecule has 10 aromatic rings. The smallest absolute Gasteiger partial charge is 0.244 e. The summed E-state index contributed by atoms with van der Waals surface area (Å²) in [4.78, 5) is 129. The van der Waals surface area contributed by atoms with E-state index in [2.05, 4.69) is 26.6 Å². The molecule has 10 aromatic carbocycles. The third-order valence-corrected chi connectivity index (χ3v) is 22.1. The fourth-order valence-corrected chi connectivity index (χ4v) is 15.3. The van der Waals surface area contributed by atoms with Gasteiger partial charge in [-0.3, -0.25) is 47.9 Å². The third kappa shape index (κ3) is 29.4. The molecular formula is C95H88ClF16N15O10. The zero-order chi connectivity index (χ0) is 99.5. The van der Waals surface area contributed by atoms with Crippen LogP contribution in [0.1, 0.15) is 87.7 Å². The van der Waals surface area contributed by atoms with E-state index >= 15 is 0 Å². The summed E-state index contributed by atoms with van der Waals surface area (Å²) in [5, 5.41) is 13.7. The van der Waals surface area contributed by atoms with E-state index in [4.69, 9.17) is 40.3 Å². The van der Waals surface area contributed by atoms with Crippen LogP contribution >= 0.6 is 11.6 Å². The SMILES string of the molecule is N[C@@H](CC(=O)N1CC(=O)Nc2cc(Cl)ccc2C1)Cc1cc(F)c(F)cc1F.N[C@@H](CC(=O)N1CC(=O)Nc2cc(F)ccc2C1)Cc1cc(F)c(F)cc1F.N[C@@H](CC(=O)N1CC(=O)Nc2ccc(F)cc2C1)Cc1cc(F)c(F)cc1F.N[C@@H](CC(=O)N1CC(=O)Nc2ccccc2C1)Cc1cc(F)c(F)cc1F.N[C@@H](CC(=O)N1CC(=O)Nc2ccccc2C1)Cc1cc(F)ccc1F. The fraction of sp³-hybridized carbons (Fsp3) is 0.263. The van der Waals surface area contributed by atoms with Crippen LogP contribution in [0.4, 0.5) is 98.7 Å². The monoisotopic (exact) mass is 1940 g/mol. The molecule has 0 spiro atoms. The van der Waals surface area contributed by atoms with Crippen molar-refractivity contribution in [2.24, 2.45) is 28.7 Å². The van der Waals surface area contributed by atoms with Crippen molar-refractivity contribution in [2.75, 3.05) is 59.3 Å². The zero-order valence-electron chi connectivity index (χ0n) is 72.3. The van der Waals surface area contributed by atoms with E-state index in [9.17, 15) is 118 Å². The fourth-order valence-electron chi connectivity index (χ4n) is 15.1. The van der Waals surface area contributed by atoms with Crippen molar-refractivity contribution in [2.45, 2.75) is 127 Å². The van der Waals surface area contributed by atoms with Gasteiger partial charge in [-0.2, -0.15) is 0 Å². The molecular weight excluding hydrogens is 1850 g/mol. The van der Waals surface area contributed by atoms with Gasteiger partial charge in [0.25, 0.3) is 0 Å². The van der Waals surface area contributed by atoms with E-state index < -0.39 is 153 Å². The van der Waals surface area contributed by atoms with Crippen molar-refractivity contribution in [3.63, 3.8) is 0 Å². The third-order valence-electron chi connectivity index (χ3n) is 21.8. The van der Waals surface area contributed by atoms with Crippen molar-refractivity contribution >= 4 is 99.1 Å². The number of nitrogens with two attached hydrogens (primary N) is 5. The van der Waals surface area contributed by atoms with Gasteiger partial charge in [0.2, 0.25) is 59.1 Å². The van der Waals surface area contributed by atoms with Gasteiger partial charge in [-0.05, 0) is 185 Å². The van der Waals surface area contributed by atoms with Crippen LogP contribution in [0.5, 0.6) is 0 Å².